The molecule has 3 aromatic rings. The summed E-state index contributed by atoms with van der Waals surface area (Å²) in [6, 6.07) is 10.2. The minimum atomic E-state index is -4.77. The Morgan fingerprint density at radius 2 is 1.75 bits per heavy atom. The Balaban J connectivity index is 1.32. The Morgan fingerprint density at radius 1 is 1.02 bits per heavy atom. The molecule has 6 amide bonds. The number of halogens is 5. The quantitative estimate of drug-likeness (QED) is 0.228. The minimum absolute atomic E-state index is 0.0173. The number of benzene rings is 2. The predicted molar refractivity (Wildman–Crippen MR) is 180 cm³/mol. The summed E-state index contributed by atoms with van der Waals surface area (Å²) in [6.07, 6.45) is -1.08. The Hall–Kier alpha value is -5.41. The Morgan fingerprint density at radius 3 is 2.43 bits per heavy atom. The van der Waals surface area contributed by atoms with Crippen LogP contribution in [0, 0.1) is 29.6 Å². The normalized spacial score (nSPS) is 27.7. The molecule has 2 aliphatic carbocycles. The fraction of sp³-hybridized carbons (Fsp3) is 0.278. The van der Waals surface area contributed by atoms with Crippen LogP contribution in [0.15, 0.2) is 78.2 Å². The van der Waals surface area contributed by atoms with E-state index in [-0.39, 0.29) is 25.0 Å². The van der Waals surface area contributed by atoms with Crippen molar-refractivity contribution in [1.29, 1.82) is 0 Å². The molecule has 1 saturated carbocycles. The second-order valence-corrected chi connectivity index (χ2v) is 14.4. The van der Waals surface area contributed by atoms with E-state index in [1.807, 2.05) is 0 Å². The number of ether oxygens (including phenoxy) is 1. The van der Waals surface area contributed by atoms with E-state index >= 15 is 4.79 Å². The molecule has 4 heterocycles. The Kier molecular flexibility index (Phi) is 7.89. The topological polar surface area (TPSA) is 172 Å². The van der Waals surface area contributed by atoms with E-state index in [4.69, 9.17) is 33.7 Å². The van der Waals surface area contributed by atoms with Crippen LogP contribution in [-0.4, -0.2) is 49.7 Å². The first-order valence-electron chi connectivity index (χ1n) is 16.3. The maximum atomic E-state index is 15.2. The van der Waals surface area contributed by atoms with E-state index in [1.165, 1.54) is 18.4 Å². The molecule has 4 N–H and O–H groups in total. The number of primary amides is 1. The molecule has 0 bridgehead atoms. The number of hydrogen-bond donors (Lipinski definition) is 3. The molecular formula is C36H26Cl2F3N5O7. The average Bonchev–Trinajstić information content (AvgIpc) is 3.49. The molecule has 0 unspecified atom stereocenters. The number of urea groups is 1. The van der Waals surface area contributed by atoms with Crippen molar-refractivity contribution in [2.24, 2.45) is 35.3 Å². The van der Waals surface area contributed by atoms with Crippen molar-refractivity contribution in [2.75, 3.05) is 5.43 Å². The van der Waals surface area contributed by atoms with E-state index < -0.39 is 87.2 Å². The zero-order chi connectivity index (χ0) is 37.7. The molecule has 0 radical (unpaired) electrons. The van der Waals surface area contributed by atoms with Crippen LogP contribution < -0.4 is 15.9 Å². The van der Waals surface area contributed by atoms with Crippen molar-refractivity contribution in [3.05, 3.63) is 105 Å². The number of phenols is 1. The number of nitrogens with zero attached hydrogens (tertiary/aromatic N) is 3. The Bertz CT molecular complexity index is 2230. The van der Waals surface area contributed by atoms with E-state index in [0.29, 0.717) is 55.2 Å². The van der Waals surface area contributed by atoms with E-state index in [1.54, 1.807) is 36.4 Å². The van der Waals surface area contributed by atoms with Gasteiger partial charge in [0.2, 0.25) is 11.8 Å². The zero-order valence-corrected chi connectivity index (χ0v) is 28.6. The van der Waals surface area contributed by atoms with Gasteiger partial charge in [0.1, 0.15) is 11.5 Å². The summed E-state index contributed by atoms with van der Waals surface area (Å²) in [7, 11) is 0. The van der Waals surface area contributed by atoms with Gasteiger partial charge in [0.05, 0.1) is 40.0 Å². The van der Waals surface area contributed by atoms with Crippen LogP contribution in [0.3, 0.4) is 0 Å². The second-order valence-electron chi connectivity index (χ2n) is 13.5. The molecule has 8 rings (SSSR count). The molecule has 2 aromatic carbocycles. The fourth-order valence-electron chi connectivity index (χ4n) is 8.82. The number of nitrogens with one attached hydrogen (secondary N) is 1. The molecule has 2 saturated heterocycles. The smallest absolute Gasteiger partial charge is 0.417 e. The number of pyridine rings is 1. The van der Waals surface area contributed by atoms with Crippen LogP contribution in [-0.2, 0) is 37.2 Å². The summed E-state index contributed by atoms with van der Waals surface area (Å²) in [5.74, 6) is -8.44. The highest BCUT2D eigenvalue weighted by Crippen LogP contribution is 2.63. The van der Waals surface area contributed by atoms with Crippen LogP contribution in [0.5, 0.6) is 11.5 Å². The van der Waals surface area contributed by atoms with Crippen molar-refractivity contribution < 1.29 is 47.0 Å². The lowest BCUT2D eigenvalue weighted by atomic mass is 9.48. The van der Waals surface area contributed by atoms with Crippen molar-refractivity contribution in [1.82, 2.24) is 14.9 Å². The standard InChI is InChI=1S/C36H26Cl2F3N5O7/c37-19-3-1-17(2-4-19)35-24(31(49)46(33(35)51)44-29-25(38)11-18(13-43-29)36(39,40)41)12-23-21(6-7-22-27(23)32(50)45(30(22)48)34(42)52)28(35)16-9-15-10-20(47)5-8-26(15)53-14-16/h1-6,8,10-11,13-14,22-24,27-28,47H,7,9,12H2,(H2,42,52)(H,43,44)/t22-,23+,24-,27-,28-,35+/m0/s1. The number of carbonyl (C=O) groups is 5. The number of fused-ring (bicyclic) bond motifs is 5. The average molecular weight is 769 g/mol. The lowest BCUT2D eigenvalue weighted by molar-refractivity contribution is -0.140. The molecule has 272 valence electrons. The highest BCUT2D eigenvalue weighted by atomic mass is 35.5. The Labute approximate surface area is 307 Å². The van der Waals surface area contributed by atoms with E-state index in [2.05, 4.69) is 10.4 Å². The SMILES string of the molecule is NC(=O)N1C(=O)[C@H]2[C@H](CC=C3[C@H](C4=COc5ccc(O)cc5C4)[C@]4(c5ccc(Cl)cc5)C(=O)N(Nc5ncc(C(F)(F)F)cc5Cl)C(=O)[C@@H]4C[C@H]32)C1=O. The van der Waals surface area contributed by atoms with Crippen LogP contribution in [0.25, 0.3) is 0 Å². The number of carbonyl (C=O) groups excluding carboxylic acids is 5. The molecule has 6 atom stereocenters. The summed E-state index contributed by atoms with van der Waals surface area (Å²) in [5, 5.41) is 10.8. The van der Waals surface area contributed by atoms with Gasteiger partial charge in [-0.1, -0.05) is 47.0 Å². The monoisotopic (exact) mass is 767 g/mol. The van der Waals surface area contributed by atoms with E-state index in [0.717, 1.165) is 0 Å². The molecule has 3 fully saturated rings. The third kappa shape index (κ3) is 5.11. The van der Waals surface area contributed by atoms with Crippen LogP contribution in [0.2, 0.25) is 10.0 Å². The van der Waals surface area contributed by atoms with Crippen LogP contribution in [0.4, 0.5) is 23.8 Å². The van der Waals surface area contributed by atoms with Crippen LogP contribution >= 0.6 is 23.2 Å². The number of phenolic OH excluding ortho intramolecular Hbond substituents is 1. The molecule has 12 nitrogen and oxygen atoms in total. The van der Waals surface area contributed by atoms with Crippen molar-refractivity contribution in [2.45, 2.75) is 30.9 Å². The van der Waals surface area contributed by atoms with Crippen molar-refractivity contribution in [3.63, 3.8) is 0 Å². The largest absolute Gasteiger partial charge is 0.508 e. The number of imide groups is 4. The number of hydrazine groups is 1. The minimum Gasteiger partial charge on any atom is -0.508 e. The summed E-state index contributed by atoms with van der Waals surface area (Å²) in [6.45, 7) is 0. The number of nitrogens with two attached hydrogens (primary N) is 1. The number of rotatable bonds is 4. The third-order valence-corrected chi connectivity index (χ3v) is 11.5. The van der Waals surface area contributed by atoms with Crippen molar-refractivity contribution in [3.8, 4) is 11.5 Å². The lowest BCUT2D eigenvalue weighted by Crippen LogP contribution is -2.55. The van der Waals surface area contributed by atoms with Gasteiger partial charge in [0, 0.05) is 29.1 Å². The maximum absolute atomic E-state index is 15.2. The van der Waals surface area contributed by atoms with Crippen molar-refractivity contribution >= 4 is 58.7 Å². The van der Waals surface area contributed by atoms with E-state index in [9.17, 15) is 37.5 Å². The zero-order valence-electron chi connectivity index (χ0n) is 27.1. The molecule has 5 aliphatic rings. The van der Waals surface area contributed by atoms with Crippen LogP contribution in [0.1, 0.15) is 29.5 Å². The highest BCUT2D eigenvalue weighted by molar-refractivity contribution is 6.33. The number of aromatic hydroxyl groups is 1. The first kappa shape index (κ1) is 34.7. The first-order valence-corrected chi connectivity index (χ1v) is 17.1. The van der Waals surface area contributed by atoms with Gasteiger partial charge < -0.3 is 15.6 Å². The van der Waals surface area contributed by atoms with Gasteiger partial charge in [-0.3, -0.25) is 24.6 Å². The number of aromatic nitrogens is 1. The van der Waals surface area contributed by atoms with Gasteiger partial charge in [-0.15, -0.1) is 0 Å². The first-order chi connectivity index (χ1) is 25.1. The number of hydrogen-bond acceptors (Lipinski definition) is 9. The number of amides is 6. The molecule has 0 spiro atoms. The highest BCUT2D eigenvalue weighted by Gasteiger charge is 2.71. The van der Waals surface area contributed by atoms with Gasteiger partial charge in [-0.05, 0) is 66.3 Å². The molecular weight excluding hydrogens is 742 g/mol. The van der Waals surface area contributed by atoms with Gasteiger partial charge in [-0.2, -0.15) is 23.1 Å². The van der Waals surface area contributed by atoms with Gasteiger partial charge in [-0.25, -0.2) is 9.78 Å². The number of alkyl halides is 3. The van der Waals surface area contributed by atoms with Gasteiger partial charge in [0.15, 0.2) is 5.82 Å². The summed E-state index contributed by atoms with van der Waals surface area (Å²) < 4.78 is 46.3. The predicted octanol–water partition coefficient (Wildman–Crippen LogP) is 5.53. The summed E-state index contributed by atoms with van der Waals surface area (Å²) in [4.78, 5) is 73.6. The fourth-order valence-corrected chi connectivity index (χ4v) is 9.15. The molecule has 3 aliphatic heterocycles. The number of allylic oxidation sites excluding steroid dienone is 3. The lowest BCUT2D eigenvalue weighted by Gasteiger charge is -2.51. The molecule has 1 aromatic heterocycles. The maximum Gasteiger partial charge on any atom is 0.417 e. The number of likely N-dealkylation sites (tertiary alicyclic amines) is 1. The summed E-state index contributed by atoms with van der Waals surface area (Å²) in [5.41, 5.74) is 7.00. The van der Waals surface area contributed by atoms with Gasteiger partial charge in [0.25, 0.3) is 11.8 Å². The molecule has 53 heavy (non-hydrogen) atoms. The molecule has 17 heteroatoms. The number of anilines is 1. The summed E-state index contributed by atoms with van der Waals surface area (Å²) >= 11 is 12.5. The second kappa shape index (κ2) is 12.1. The van der Waals surface area contributed by atoms with Gasteiger partial charge >= 0.3 is 12.2 Å². The third-order valence-electron chi connectivity index (χ3n) is 10.9.